The number of carbonyl (C=O) groups is 1. The van der Waals surface area contributed by atoms with Gasteiger partial charge in [-0.2, -0.15) is 4.99 Å². The number of benzene rings is 1. The van der Waals surface area contributed by atoms with E-state index in [9.17, 15) is 4.79 Å². The van der Waals surface area contributed by atoms with Crippen LogP contribution in [0, 0.1) is 0 Å². The number of halogens is 1. The van der Waals surface area contributed by atoms with E-state index in [-0.39, 0.29) is 5.91 Å². The van der Waals surface area contributed by atoms with Gasteiger partial charge >= 0.3 is 0 Å². The number of rotatable bonds is 0. The maximum absolute atomic E-state index is 11.1. The number of carbonyl (C=O) groups excluding carboxylic acids is 1. The fourth-order valence-electron chi connectivity index (χ4n) is 1.14. The Kier molecular flexibility index (Phi) is 1.51. The van der Waals surface area contributed by atoms with Gasteiger partial charge < -0.3 is 5.73 Å². The highest BCUT2D eigenvalue weighted by Crippen LogP contribution is 2.21. The molecule has 4 heteroatoms. The first kappa shape index (κ1) is 7.49. The molecule has 1 aromatic rings. The van der Waals surface area contributed by atoms with E-state index in [1.165, 1.54) is 0 Å². The maximum Gasteiger partial charge on any atom is 0.279 e. The molecule has 2 rings (SSSR count). The van der Waals surface area contributed by atoms with Crippen molar-refractivity contribution in [2.45, 2.75) is 0 Å². The maximum atomic E-state index is 11.1. The summed E-state index contributed by atoms with van der Waals surface area (Å²) in [6, 6.07) is 5.30. The van der Waals surface area contributed by atoms with Gasteiger partial charge in [0.05, 0.1) is 5.56 Å². The van der Waals surface area contributed by atoms with Gasteiger partial charge in [0.1, 0.15) is 5.84 Å². The summed E-state index contributed by atoms with van der Waals surface area (Å²) in [6.07, 6.45) is 0. The second-order valence-corrected chi connectivity index (χ2v) is 3.41. The Morgan fingerprint density at radius 3 is 2.83 bits per heavy atom. The van der Waals surface area contributed by atoms with Crippen molar-refractivity contribution in [2.24, 2.45) is 10.7 Å². The lowest BCUT2D eigenvalue weighted by molar-refractivity contribution is 0.101. The van der Waals surface area contributed by atoms with Crippen LogP contribution in [0.25, 0.3) is 0 Å². The Hall–Kier alpha value is -1.16. The van der Waals surface area contributed by atoms with Gasteiger partial charge in [0.2, 0.25) is 0 Å². The zero-order valence-electron chi connectivity index (χ0n) is 6.04. The van der Waals surface area contributed by atoms with E-state index in [1.807, 2.05) is 0 Å². The van der Waals surface area contributed by atoms with Crippen LogP contribution in [-0.2, 0) is 0 Å². The summed E-state index contributed by atoms with van der Waals surface area (Å²) in [6.45, 7) is 0. The Bertz CT molecular complexity index is 398. The van der Waals surface area contributed by atoms with Gasteiger partial charge in [0.25, 0.3) is 5.91 Å². The second-order valence-electron chi connectivity index (χ2n) is 2.49. The van der Waals surface area contributed by atoms with E-state index >= 15 is 0 Å². The smallest absolute Gasteiger partial charge is 0.279 e. The average Bonchev–Trinajstić information content (AvgIpc) is 2.28. The van der Waals surface area contributed by atoms with Crippen LogP contribution in [0.4, 0.5) is 0 Å². The molecule has 0 fully saturated rings. The lowest BCUT2D eigenvalue weighted by Gasteiger charge is -1.96. The number of fused-ring (bicyclic) bond motifs is 1. The molecule has 0 bridgehead atoms. The number of hydrogen-bond donors (Lipinski definition) is 1. The lowest BCUT2D eigenvalue weighted by Crippen LogP contribution is -2.10. The van der Waals surface area contributed by atoms with Crippen molar-refractivity contribution in [3.63, 3.8) is 0 Å². The molecule has 1 heterocycles. The molecule has 1 aliphatic rings. The van der Waals surface area contributed by atoms with Crippen molar-refractivity contribution in [3.8, 4) is 0 Å². The molecule has 0 radical (unpaired) electrons. The first-order chi connectivity index (χ1) is 5.68. The number of nitrogens with zero attached hydrogens (tertiary/aromatic N) is 1. The molecule has 3 nitrogen and oxygen atoms in total. The van der Waals surface area contributed by atoms with Gasteiger partial charge in [-0.3, -0.25) is 4.79 Å². The SMILES string of the molecule is NC1=NC(=O)c2ccc(Br)cc21. The zero-order valence-corrected chi connectivity index (χ0v) is 7.63. The topological polar surface area (TPSA) is 55.4 Å². The summed E-state index contributed by atoms with van der Waals surface area (Å²) in [5, 5.41) is 0. The molecule has 1 aliphatic heterocycles. The van der Waals surface area contributed by atoms with Gasteiger partial charge in [0.15, 0.2) is 0 Å². The molecule has 0 saturated heterocycles. The van der Waals surface area contributed by atoms with Crippen LogP contribution in [0.15, 0.2) is 27.7 Å². The van der Waals surface area contributed by atoms with E-state index in [2.05, 4.69) is 20.9 Å². The molecule has 1 aromatic carbocycles. The quantitative estimate of drug-likeness (QED) is 0.723. The molecular weight excluding hydrogens is 220 g/mol. The monoisotopic (exact) mass is 224 g/mol. The van der Waals surface area contributed by atoms with E-state index in [1.54, 1.807) is 18.2 Å². The van der Waals surface area contributed by atoms with Crippen LogP contribution in [0.3, 0.4) is 0 Å². The van der Waals surface area contributed by atoms with Crippen LogP contribution in [0.2, 0.25) is 0 Å². The first-order valence-corrected chi connectivity index (χ1v) is 4.16. The van der Waals surface area contributed by atoms with Gasteiger partial charge in [-0.25, -0.2) is 0 Å². The minimum atomic E-state index is -0.255. The van der Waals surface area contributed by atoms with Gasteiger partial charge in [-0.05, 0) is 18.2 Å². The zero-order chi connectivity index (χ0) is 8.72. The molecule has 0 aromatic heterocycles. The molecule has 1 amide bonds. The van der Waals surface area contributed by atoms with Crippen molar-refractivity contribution in [2.75, 3.05) is 0 Å². The summed E-state index contributed by atoms with van der Waals surface area (Å²) < 4.78 is 0.897. The van der Waals surface area contributed by atoms with Crippen LogP contribution >= 0.6 is 15.9 Å². The number of amidine groups is 1. The third-order valence-electron chi connectivity index (χ3n) is 1.71. The van der Waals surface area contributed by atoms with Gasteiger partial charge in [-0.15, -0.1) is 0 Å². The predicted molar refractivity (Wildman–Crippen MR) is 49.2 cm³/mol. The van der Waals surface area contributed by atoms with Crippen molar-refractivity contribution in [1.29, 1.82) is 0 Å². The Morgan fingerprint density at radius 2 is 2.08 bits per heavy atom. The normalized spacial score (nSPS) is 14.4. The third-order valence-corrected chi connectivity index (χ3v) is 2.20. The molecule has 60 valence electrons. The Balaban J connectivity index is 2.69. The first-order valence-electron chi connectivity index (χ1n) is 3.37. The van der Waals surface area contributed by atoms with Gasteiger partial charge in [-0.1, -0.05) is 15.9 Å². The largest absolute Gasteiger partial charge is 0.383 e. The van der Waals surface area contributed by atoms with E-state index < -0.39 is 0 Å². The van der Waals surface area contributed by atoms with Crippen LogP contribution < -0.4 is 5.73 Å². The molecule has 0 saturated carbocycles. The molecule has 0 aliphatic carbocycles. The number of amides is 1. The van der Waals surface area contributed by atoms with Crippen LogP contribution in [-0.4, -0.2) is 11.7 Å². The minimum absolute atomic E-state index is 0.255. The summed E-state index contributed by atoms with van der Waals surface area (Å²) >= 11 is 3.29. The fraction of sp³-hybridized carbons (Fsp3) is 0. The predicted octanol–water partition coefficient (Wildman–Crippen LogP) is 1.31. The second kappa shape index (κ2) is 2.42. The van der Waals surface area contributed by atoms with Crippen molar-refractivity contribution in [3.05, 3.63) is 33.8 Å². The highest BCUT2D eigenvalue weighted by atomic mass is 79.9. The van der Waals surface area contributed by atoms with Crippen molar-refractivity contribution < 1.29 is 4.79 Å². The molecule has 12 heavy (non-hydrogen) atoms. The van der Waals surface area contributed by atoms with E-state index in [0.717, 1.165) is 10.0 Å². The van der Waals surface area contributed by atoms with Crippen molar-refractivity contribution >= 4 is 27.7 Å². The molecular formula is C8H5BrN2O. The number of aliphatic imine (C=N–C) groups is 1. The summed E-state index contributed by atoms with van der Waals surface area (Å²) in [4.78, 5) is 14.7. The van der Waals surface area contributed by atoms with Crippen LogP contribution in [0.1, 0.15) is 15.9 Å². The highest BCUT2D eigenvalue weighted by molar-refractivity contribution is 9.10. The van der Waals surface area contributed by atoms with Crippen LogP contribution in [0.5, 0.6) is 0 Å². The fourth-order valence-corrected chi connectivity index (χ4v) is 1.51. The lowest BCUT2D eigenvalue weighted by atomic mass is 10.1. The van der Waals surface area contributed by atoms with E-state index in [4.69, 9.17) is 5.73 Å². The minimum Gasteiger partial charge on any atom is -0.383 e. The highest BCUT2D eigenvalue weighted by Gasteiger charge is 2.20. The molecule has 0 spiro atoms. The number of nitrogens with two attached hydrogens (primary N) is 1. The van der Waals surface area contributed by atoms with Crippen molar-refractivity contribution in [1.82, 2.24) is 0 Å². The standard InChI is InChI=1S/C8H5BrN2O/c9-4-1-2-5-6(3-4)7(10)11-8(5)12/h1-3H,(H2,10,11,12). The molecule has 0 unspecified atom stereocenters. The molecule has 2 N–H and O–H groups in total. The Labute approximate surface area is 77.4 Å². The van der Waals surface area contributed by atoms with E-state index in [0.29, 0.717) is 11.4 Å². The molecule has 0 atom stereocenters. The summed E-state index contributed by atoms with van der Waals surface area (Å²) in [5.74, 6) is 0.0475. The third kappa shape index (κ3) is 0.956. The van der Waals surface area contributed by atoms with Gasteiger partial charge in [0, 0.05) is 10.0 Å². The Morgan fingerprint density at radius 1 is 1.33 bits per heavy atom. The summed E-state index contributed by atoms with van der Waals surface area (Å²) in [7, 11) is 0. The number of hydrogen-bond acceptors (Lipinski definition) is 2. The summed E-state index contributed by atoms with van der Waals surface area (Å²) in [5.41, 5.74) is 6.81. The average molecular weight is 225 g/mol.